The normalized spacial score (nSPS) is 11.6. The summed E-state index contributed by atoms with van der Waals surface area (Å²) in [6.07, 6.45) is 16.9. The maximum atomic E-state index is 2.25. The minimum atomic E-state index is -1.43. The fourth-order valence-corrected chi connectivity index (χ4v) is 3.30. The topological polar surface area (TPSA) is 18.7 Å². The molecule has 0 fully saturated rings. The molecule has 0 aromatic carbocycles. The zero-order valence-corrected chi connectivity index (χ0v) is 12.2. The molecular formula is C17H17BN4. The number of rotatable bonds is 4. The molecule has 4 heterocycles. The smallest absolute Gasteiger partial charge is 0.424 e. The predicted molar refractivity (Wildman–Crippen MR) is 87.3 cm³/mol. The molecule has 0 amide bonds. The lowest BCUT2D eigenvalue weighted by molar-refractivity contribution is -0.556. The zero-order chi connectivity index (χ0) is 14.8. The summed E-state index contributed by atoms with van der Waals surface area (Å²) in [6, 6.07) is 18.5. The van der Waals surface area contributed by atoms with Gasteiger partial charge in [-0.3, -0.25) is 0 Å². The molecule has 0 radical (unpaired) electrons. The van der Waals surface area contributed by atoms with Crippen molar-refractivity contribution in [3.8, 4) is 0 Å². The van der Waals surface area contributed by atoms with Gasteiger partial charge in [0.05, 0.1) is 0 Å². The first-order valence-electron chi connectivity index (χ1n) is 7.43. The van der Waals surface area contributed by atoms with E-state index in [0.717, 1.165) is 0 Å². The Morgan fingerprint density at radius 3 is 1.18 bits per heavy atom. The van der Waals surface area contributed by atoms with E-state index < -0.39 is 6.69 Å². The van der Waals surface area contributed by atoms with Gasteiger partial charge in [0, 0.05) is 0 Å². The van der Waals surface area contributed by atoms with Crippen molar-refractivity contribution in [2.24, 2.45) is 0 Å². The van der Waals surface area contributed by atoms with E-state index in [4.69, 9.17) is 0 Å². The van der Waals surface area contributed by atoms with Gasteiger partial charge in [-0.25, -0.2) is 0 Å². The van der Waals surface area contributed by atoms with E-state index >= 15 is 0 Å². The number of aromatic nitrogens is 4. The molecule has 108 valence electrons. The van der Waals surface area contributed by atoms with Crippen LogP contribution in [0.3, 0.4) is 0 Å². The Hall–Kier alpha value is -2.95. The summed E-state index contributed by atoms with van der Waals surface area (Å²) in [6.45, 7) is -1.43. The Labute approximate surface area is 129 Å². The Morgan fingerprint density at radius 2 is 0.818 bits per heavy atom. The van der Waals surface area contributed by atoms with Gasteiger partial charge >= 0.3 is 6.69 Å². The lowest BCUT2D eigenvalue weighted by Gasteiger charge is -2.38. The molecular weight excluding hydrogens is 271 g/mol. The van der Waals surface area contributed by atoms with Crippen LogP contribution in [0.2, 0.25) is 0 Å². The third-order valence-corrected chi connectivity index (χ3v) is 4.22. The van der Waals surface area contributed by atoms with E-state index in [2.05, 4.69) is 116 Å². The van der Waals surface area contributed by atoms with Crippen LogP contribution in [0.15, 0.2) is 104 Å². The predicted octanol–water partition coefficient (Wildman–Crippen LogP) is 2.31. The molecule has 0 saturated carbocycles. The number of pyridine rings is 1. The SMILES string of the molecule is c1cc[n+]([B-](n2cccc2)(n2cccc2)n2cccc2)cc1. The minimum absolute atomic E-state index is 1.43. The fourth-order valence-electron chi connectivity index (χ4n) is 3.30. The van der Waals surface area contributed by atoms with Crippen molar-refractivity contribution in [3.63, 3.8) is 0 Å². The highest BCUT2D eigenvalue weighted by Gasteiger charge is 2.44. The summed E-state index contributed by atoms with van der Waals surface area (Å²) in [5.74, 6) is 0. The second kappa shape index (κ2) is 5.11. The first kappa shape index (κ1) is 12.8. The van der Waals surface area contributed by atoms with Crippen molar-refractivity contribution >= 4 is 6.69 Å². The second-order valence-corrected chi connectivity index (χ2v) is 5.41. The van der Waals surface area contributed by atoms with Gasteiger partial charge < -0.3 is 17.9 Å². The van der Waals surface area contributed by atoms with E-state index in [0.29, 0.717) is 0 Å². The Morgan fingerprint density at radius 1 is 0.455 bits per heavy atom. The standard InChI is InChI=1S/C17H17BN4/c1-2-10-19(11-3-1)18(20-12-4-5-13-20,21-14-6-7-15-21)22-16-8-9-17-22/h1-17H. The number of nitrogens with zero attached hydrogens (tertiary/aromatic N) is 4. The van der Waals surface area contributed by atoms with Crippen molar-refractivity contribution in [2.75, 3.05) is 0 Å². The Balaban J connectivity index is 2.10. The molecule has 4 nitrogen and oxygen atoms in total. The molecule has 0 N–H and O–H groups in total. The summed E-state index contributed by atoms with van der Waals surface area (Å²) in [5.41, 5.74) is 0. The molecule has 0 atom stereocenters. The molecule has 0 aliphatic heterocycles. The molecule has 4 aromatic heterocycles. The summed E-state index contributed by atoms with van der Waals surface area (Å²) in [5, 5.41) is 0. The zero-order valence-electron chi connectivity index (χ0n) is 12.2. The number of hydrogen-bond acceptors (Lipinski definition) is 0. The van der Waals surface area contributed by atoms with Crippen molar-refractivity contribution in [2.45, 2.75) is 0 Å². The van der Waals surface area contributed by atoms with Crippen LogP contribution in [-0.4, -0.2) is 20.1 Å². The van der Waals surface area contributed by atoms with Crippen LogP contribution in [0.25, 0.3) is 0 Å². The van der Waals surface area contributed by atoms with Gasteiger partial charge in [0.25, 0.3) is 0 Å². The van der Waals surface area contributed by atoms with E-state index in [1.54, 1.807) is 0 Å². The van der Waals surface area contributed by atoms with Crippen LogP contribution < -0.4 is 4.48 Å². The van der Waals surface area contributed by atoms with E-state index in [-0.39, 0.29) is 0 Å². The third-order valence-electron chi connectivity index (χ3n) is 4.22. The van der Waals surface area contributed by atoms with Gasteiger partial charge in [-0.15, -0.1) is 0 Å². The lowest BCUT2D eigenvalue weighted by atomic mass is 9.71. The first-order chi connectivity index (χ1) is 10.9. The molecule has 5 heteroatoms. The van der Waals surface area contributed by atoms with Crippen LogP contribution >= 0.6 is 0 Å². The monoisotopic (exact) mass is 288 g/mol. The Kier molecular flexibility index (Phi) is 2.97. The van der Waals surface area contributed by atoms with Gasteiger partial charge in [0.2, 0.25) is 0 Å². The van der Waals surface area contributed by atoms with Gasteiger partial charge in [0.15, 0.2) is 0 Å². The van der Waals surface area contributed by atoms with Crippen molar-refractivity contribution in [1.82, 2.24) is 13.4 Å². The van der Waals surface area contributed by atoms with Crippen molar-refractivity contribution < 1.29 is 4.48 Å². The van der Waals surface area contributed by atoms with Crippen LogP contribution in [0, 0.1) is 0 Å². The molecule has 4 aromatic rings. The molecule has 22 heavy (non-hydrogen) atoms. The van der Waals surface area contributed by atoms with E-state index in [1.807, 2.05) is 6.07 Å². The minimum Gasteiger partial charge on any atom is -0.424 e. The van der Waals surface area contributed by atoms with Gasteiger partial charge in [-0.2, -0.15) is 0 Å². The second-order valence-electron chi connectivity index (χ2n) is 5.41. The number of hydrogen-bond donors (Lipinski definition) is 0. The summed E-state index contributed by atoms with van der Waals surface area (Å²) < 4.78 is 9.00. The first-order valence-corrected chi connectivity index (χ1v) is 7.43. The maximum absolute atomic E-state index is 2.25. The summed E-state index contributed by atoms with van der Waals surface area (Å²) in [7, 11) is 0. The highest BCUT2D eigenvalue weighted by molar-refractivity contribution is 6.66. The average Bonchev–Trinajstić information content (AvgIpc) is 3.34. The molecule has 0 saturated heterocycles. The lowest BCUT2D eigenvalue weighted by Crippen LogP contribution is -2.77. The molecule has 0 unspecified atom stereocenters. The molecule has 0 bridgehead atoms. The maximum Gasteiger partial charge on any atom is 0.595 e. The van der Waals surface area contributed by atoms with Crippen LogP contribution in [-0.2, 0) is 0 Å². The summed E-state index contributed by atoms with van der Waals surface area (Å²) in [4.78, 5) is 0. The Bertz CT molecular complexity index is 734. The largest absolute Gasteiger partial charge is 0.595 e. The molecule has 4 rings (SSSR count). The summed E-state index contributed by atoms with van der Waals surface area (Å²) >= 11 is 0. The molecule has 0 aliphatic carbocycles. The average molecular weight is 288 g/mol. The fraction of sp³-hybridized carbons (Fsp3) is 0. The van der Waals surface area contributed by atoms with E-state index in [9.17, 15) is 0 Å². The highest BCUT2D eigenvalue weighted by Crippen LogP contribution is 2.12. The molecule has 0 aliphatic rings. The van der Waals surface area contributed by atoms with Gasteiger partial charge in [-0.05, 0) is 85.7 Å². The third kappa shape index (κ3) is 1.75. The van der Waals surface area contributed by atoms with Crippen LogP contribution in [0.4, 0.5) is 0 Å². The highest BCUT2D eigenvalue weighted by atomic mass is 15.3. The van der Waals surface area contributed by atoms with E-state index in [1.165, 1.54) is 0 Å². The quantitative estimate of drug-likeness (QED) is 0.513. The van der Waals surface area contributed by atoms with Crippen molar-refractivity contribution in [1.29, 1.82) is 0 Å². The van der Waals surface area contributed by atoms with Crippen LogP contribution in [0.5, 0.6) is 0 Å². The van der Waals surface area contributed by atoms with Crippen LogP contribution in [0.1, 0.15) is 0 Å². The van der Waals surface area contributed by atoms with Gasteiger partial charge in [-0.1, -0.05) is 6.07 Å². The van der Waals surface area contributed by atoms with Gasteiger partial charge in [0.1, 0.15) is 12.4 Å². The molecule has 0 spiro atoms. The van der Waals surface area contributed by atoms with Crippen molar-refractivity contribution in [3.05, 3.63) is 104 Å².